The summed E-state index contributed by atoms with van der Waals surface area (Å²) in [5, 5.41) is 3.42. The summed E-state index contributed by atoms with van der Waals surface area (Å²) in [6, 6.07) is 0. The summed E-state index contributed by atoms with van der Waals surface area (Å²) < 4.78 is 11.6. The standard InChI is InChI=1S/C15H33NO2/c1-13(2,3)16-10-12-18-15(7,8)9-11-17-14(4,5)6/h16H,9-12H2,1-8H3. The minimum Gasteiger partial charge on any atom is -0.376 e. The van der Waals surface area contributed by atoms with E-state index in [0.717, 1.165) is 26.2 Å². The monoisotopic (exact) mass is 259 g/mol. The average Bonchev–Trinajstić information content (AvgIpc) is 2.08. The van der Waals surface area contributed by atoms with Crippen LogP contribution in [0.4, 0.5) is 0 Å². The molecular weight excluding hydrogens is 226 g/mol. The molecule has 0 aliphatic carbocycles. The van der Waals surface area contributed by atoms with Gasteiger partial charge in [0.1, 0.15) is 0 Å². The maximum Gasteiger partial charge on any atom is 0.0649 e. The van der Waals surface area contributed by atoms with Crippen molar-refractivity contribution in [1.29, 1.82) is 0 Å². The molecule has 0 saturated heterocycles. The zero-order valence-corrected chi connectivity index (χ0v) is 13.6. The van der Waals surface area contributed by atoms with Crippen molar-refractivity contribution in [3.05, 3.63) is 0 Å². The molecule has 0 aliphatic heterocycles. The Labute approximate surface area is 114 Å². The van der Waals surface area contributed by atoms with Gasteiger partial charge in [-0.05, 0) is 61.8 Å². The summed E-state index contributed by atoms with van der Waals surface area (Å²) in [4.78, 5) is 0. The van der Waals surface area contributed by atoms with Crippen LogP contribution in [0.5, 0.6) is 0 Å². The van der Waals surface area contributed by atoms with Gasteiger partial charge in [0.2, 0.25) is 0 Å². The lowest BCUT2D eigenvalue weighted by Crippen LogP contribution is -2.39. The average molecular weight is 259 g/mol. The van der Waals surface area contributed by atoms with E-state index in [2.05, 4.69) is 60.7 Å². The second kappa shape index (κ2) is 6.88. The number of hydrogen-bond donors (Lipinski definition) is 1. The Morgan fingerprint density at radius 3 is 1.78 bits per heavy atom. The van der Waals surface area contributed by atoms with Crippen LogP contribution >= 0.6 is 0 Å². The van der Waals surface area contributed by atoms with Crippen LogP contribution in [0, 0.1) is 0 Å². The van der Waals surface area contributed by atoms with E-state index in [1.165, 1.54) is 0 Å². The molecule has 0 radical (unpaired) electrons. The largest absolute Gasteiger partial charge is 0.376 e. The number of ether oxygens (including phenoxy) is 2. The Morgan fingerprint density at radius 2 is 1.33 bits per heavy atom. The van der Waals surface area contributed by atoms with Crippen LogP contribution < -0.4 is 5.32 Å². The van der Waals surface area contributed by atoms with Crippen LogP contribution in [0.15, 0.2) is 0 Å². The van der Waals surface area contributed by atoms with Gasteiger partial charge in [-0.2, -0.15) is 0 Å². The molecule has 0 unspecified atom stereocenters. The molecule has 0 aromatic carbocycles. The Morgan fingerprint density at radius 1 is 0.778 bits per heavy atom. The number of nitrogens with one attached hydrogen (secondary N) is 1. The van der Waals surface area contributed by atoms with E-state index < -0.39 is 0 Å². The highest BCUT2D eigenvalue weighted by atomic mass is 16.5. The van der Waals surface area contributed by atoms with Crippen LogP contribution in [-0.4, -0.2) is 36.5 Å². The molecule has 0 heterocycles. The summed E-state index contributed by atoms with van der Waals surface area (Å²) in [7, 11) is 0. The Hall–Kier alpha value is -0.120. The molecule has 0 aromatic heterocycles. The first-order valence-electron chi connectivity index (χ1n) is 6.94. The molecule has 0 spiro atoms. The van der Waals surface area contributed by atoms with Crippen molar-refractivity contribution < 1.29 is 9.47 Å². The topological polar surface area (TPSA) is 30.5 Å². The fourth-order valence-corrected chi connectivity index (χ4v) is 1.43. The molecule has 0 fully saturated rings. The molecule has 1 N–H and O–H groups in total. The van der Waals surface area contributed by atoms with Gasteiger partial charge in [-0.15, -0.1) is 0 Å². The van der Waals surface area contributed by atoms with Gasteiger partial charge in [-0.25, -0.2) is 0 Å². The lowest BCUT2D eigenvalue weighted by Gasteiger charge is -2.29. The second-order valence-corrected chi connectivity index (χ2v) is 7.50. The molecule has 110 valence electrons. The number of hydrogen-bond acceptors (Lipinski definition) is 3. The molecule has 18 heavy (non-hydrogen) atoms. The quantitative estimate of drug-likeness (QED) is 0.711. The predicted molar refractivity (Wildman–Crippen MR) is 78.1 cm³/mol. The molecule has 0 amide bonds. The first-order chi connectivity index (χ1) is 7.91. The molecule has 0 saturated carbocycles. The van der Waals surface area contributed by atoms with Crippen LogP contribution in [-0.2, 0) is 9.47 Å². The Bertz CT molecular complexity index is 224. The molecule has 3 heteroatoms. The van der Waals surface area contributed by atoms with E-state index in [4.69, 9.17) is 9.47 Å². The third kappa shape index (κ3) is 12.3. The summed E-state index contributed by atoms with van der Waals surface area (Å²) in [5.74, 6) is 0. The predicted octanol–water partition coefficient (Wildman–Crippen LogP) is 3.37. The fourth-order valence-electron chi connectivity index (χ4n) is 1.43. The highest BCUT2D eigenvalue weighted by molar-refractivity contribution is 4.72. The number of rotatable bonds is 7. The fraction of sp³-hybridized carbons (Fsp3) is 1.00. The van der Waals surface area contributed by atoms with Gasteiger partial charge in [0, 0.05) is 18.7 Å². The van der Waals surface area contributed by atoms with Crippen molar-refractivity contribution in [3.8, 4) is 0 Å². The van der Waals surface area contributed by atoms with E-state index in [9.17, 15) is 0 Å². The smallest absolute Gasteiger partial charge is 0.0649 e. The van der Waals surface area contributed by atoms with Crippen molar-refractivity contribution in [2.45, 2.75) is 78.6 Å². The summed E-state index contributed by atoms with van der Waals surface area (Å²) >= 11 is 0. The van der Waals surface area contributed by atoms with Gasteiger partial charge < -0.3 is 14.8 Å². The van der Waals surface area contributed by atoms with Gasteiger partial charge in [-0.3, -0.25) is 0 Å². The van der Waals surface area contributed by atoms with Gasteiger partial charge in [0.05, 0.1) is 17.8 Å². The zero-order valence-electron chi connectivity index (χ0n) is 13.6. The molecule has 3 nitrogen and oxygen atoms in total. The molecule has 0 rings (SSSR count). The lowest BCUT2D eigenvalue weighted by atomic mass is 10.1. The van der Waals surface area contributed by atoms with E-state index in [1.807, 2.05) is 0 Å². The van der Waals surface area contributed by atoms with Crippen LogP contribution in [0.1, 0.15) is 61.8 Å². The second-order valence-electron chi connectivity index (χ2n) is 7.50. The first kappa shape index (κ1) is 17.9. The molecular formula is C15H33NO2. The van der Waals surface area contributed by atoms with Crippen molar-refractivity contribution >= 4 is 0 Å². The summed E-state index contributed by atoms with van der Waals surface area (Å²) in [6.07, 6.45) is 0.916. The first-order valence-corrected chi connectivity index (χ1v) is 6.94. The van der Waals surface area contributed by atoms with Gasteiger partial charge >= 0.3 is 0 Å². The molecule has 0 aromatic rings. The maximum atomic E-state index is 5.90. The molecule has 0 bridgehead atoms. The zero-order chi connectivity index (χ0) is 14.4. The summed E-state index contributed by atoms with van der Waals surface area (Å²) in [5.41, 5.74) is -0.0302. The van der Waals surface area contributed by atoms with Crippen molar-refractivity contribution in [2.24, 2.45) is 0 Å². The van der Waals surface area contributed by atoms with E-state index in [1.54, 1.807) is 0 Å². The third-order valence-electron chi connectivity index (χ3n) is 2.49. The van der Waals surface area contributed by atoms with Gasteiger partial charge in [-0.1, -0.05) is 0 Å². The van der Waals surface area contributed by atoms with Gasteiger partial charge in [0.15, 0.2) is 0 Å². The minimum absolute atomic E-state index is 0.0656. The van der Waals surface area contributed by atoms with Gasteiger partial charge in [0.25, 0.3) is 0 Å². The van der Waals surface area contributed by atoms with Crippen LogP contribution in [0.3, 0.4) is 0 Å². The van der Waals surface area contributed by atoms with E-state index >= 15 is 0 Å². The normalized spacial score (nSPS) is 14.0. The van der Waals surface area contributed by atoms with Crippen LogP contribution in [0.2, 0.25) is 0 Å². The van der Waals surface area contributed by atoms with Crippen LogP contribution in [0.25, 0.3) is 0 Å². The van der Waals surface area contributed by atoms with Crippen molar-refractivity contribution in [2.75, 3.05) is 19.8 Å². The van der Waals surface area contributed by atoms with Crippen molar-refractivity contribution in [1.82, 2.24) is 5.32 Å². The highest BCUT2D eigenvalue weighted by Crippen LogP contribution is 2.16. The Balaban J connectivity index is 3.74. The molecule has 0 aliphatic rings. The van der Waals surface area contributed by atoms with Crippen molar-refractivity contribution in [3.63, 3.8) is 0 Å². The van der Waals surface area contributed by atoms with E-state index in [-0.39, 0.29) is 16.7 Å². The Kier molecular flexibility index (Phi) is 6.83. The summed E-state index contributed by atoms with van der Waals surface area (Å²) in [6.45, 7) is 19.3. The SMILES string of the molecule is CC(C)(C)NCCOC(C)(C)CCOC(C)(C)C. The maximum absolute atomic E-state index is 5.90. The lowest BCUT2D eigenvalue weighted by molar-refractivity contribution is -0.0660. The minimum atomic E-state index is -0.120. The van der Waals surface area contributed by atoms with E-state index in [0.29, 0.717) is 0 Å². The molecule has 0 atom stereocenters. The highest BCUT2D eigenvalue weighted by Gasteiger charge is 2.20. The third-order valence-corrected chi connectivity index (χ3v) is 2.49.